The molecule has 0 saturated carbocycles. The maximum absolute atomic E-state index is 12.2. The minimum absolute atomic E-state index is 0.254. The fourth-order valence-electron chi connectivity index (χ4n) is 2.34. The number of rotatable bonds is 5. The first-order chi connectivity index (χ1) is 10.9. The van der Waals surface area contributed by atoms with Crippen molar-refractivity contribution in [3.8, 4) is 0 Å². The number of oxazole rings is 1. The second kappa shape index (κ2) is 6.02. The van der Waals surface area contributed by atoms with E-state index in [9.17, 15) is 13.2 Å². The molecular weight excluding hydrogens is 316 g/mol. The van der Waals surface area contributed by atoms with Gasteiger partial charge in [-0.25, -0.2) is 17.9 Å². The van der Waals surface area contributed by atoms with Crippen molar-refractivity contribution in [3.63, 3.8) is 0 Å². The van der Waals surface area contributed by atoms with E-state index in [2.05, 4.69) is 9.71 Å². The van der Waals surface area contributed by atoms with Gasteiger partial charge in [0.25, 0.3) is 0 Å². The Morgan fingerprint density at radius 3 is 2.78 bits per heavy atom. The molecule has 3 aromatic rings. The first-order valence-corrected chi connectivity index (χ1v) is 8.60. The van der Waals surface area contributed by atoms with Crippen LogP contribution in [0.3, 0.4) is 0 Å². The Morgan fingerprint density at radius 1 is 1.17 bits per heavy atom. The molecule has 0 saturated heterocycles. The van der Waals surface area contributed by atoms with Gasteiger partial charge in [0.15, 0.2) is 5.58 Å². The molecular formula is C16H16N2O4S. The van der Waals surface area contributed by atoms with Crippen LogP contribution in [0.1, 0.15) is 11.1 Å². The first-order valence-electron chi connectivity index (χ1n) is 7.12. The monoisotopic (exact) mass is 332 g/mol. The first kappa shape index (κ1) is 15.5. The van der Waals surface area contributed by atoms with Gasteiger partial charge >= 0.3 is 5.76 Å². The third kappa shape index (κ3) is 3.52. The van der Waals surface area contributed by atoms with Crippen molar-refractivity contribution in [1.29, 1.82) is 0 Å². The Hall–Kier alpha value is -2.38. The van der Waals surface area contributed by atoms with Crippen LogP contribution in [0.25, 0.3) is 11.1 Å². The van der Waals surface area contributed by atoms with Crippen LogP contribution < -0.4 is 10.5 Å². The molecule has 6 nitrogen and oxygen atoms in total. The maximum Gasteiger partial charge on any atom is 0.417 e. The Kier molecular flexibility index (Phi) is 4.06. The Bertz CT molecular complexity index is 1000. The fraction of sp³-hybridized carbons (Fsp3) is 0.188. The highest BCUT2D eigenvalue weighted by Gasteiger charge is 2.13. The number of benzene rings is 2. The summed E-state index contributed by atoms with van der Waals surface area (Å²) >= 11 is 0. The van der Waals surface area contributed by atoms with Crippen LogP contribution in [0.5, 0.6) is 0 Å². The minimum atomic E-state index is -3.52. The van der Waals surface area contributed by atoms with Crippen LogP contribution in [-0.4, -0.2) is 19.9 Å². The second-order valence-electron chi connectivity index (χ2n) is 5.31. The highest BCUT2D eigenvalue weighted by molar-refractivity contribution is 7.89. The van der Waals surface area contributed by atoms with Crippen molar-refractivity contribution in [2.24, 2.45) is 0 Å². The van der Waals surface area contributed by atoms with E-state index in [0.717, 1.165) is 11.1 Å². The standard InChI is InChI=1S/C16H16N2O4S/c1-11-3-2-4-13(9-11)23(20,21)17-8-7-12-5-6-14-15(10-12)22-16(19)18-14/h2-6,9-10,17H,7-8H2,1H3,(H,18,19). The van der Waals surface area contributed by atoms with E-state index in [-0.39, 0.29) is 11.4 Å². The molecule has 0 spiro atoms. The van der Waals surface area contributed by atoms with E-state index in [1.54, 1.807) is 30.3 Å². The van der Waals surface area contributed by atoms with Crippen molar-refractivity contribution in [3.05, 3.63) is 64.1 Å². The van der Waals surface area contributed by atoms with Crippen LogP contribution in [0.4, 0.5) is 0 Å². The number of aromatic amines is 1. The zero-order chi connectivity index (χ0) is 16.4. The summed E-state index contributed by atoms with van der Waals surface area (Å²) in [5, 5.41) is 0. The molecule has 23 heavy (non-hydrogen) atoms. The summed E-state index contributed by atoms with van der Waals surface area (Å²) in [6.45, 7) is 2.11. The normalized spacial score (nSPS) is 11.9. The molecule has 0 aliphatic rings. The number of aromatic nitrogens is 1. The Morgan fingerprint density at radius 2 is 2.00 bits per heavy atom. The van der Waals surface area contributed by atoms with Crippen LogP contribution >= 0.6 is 0 Å². The van der Waals surface area contributed by atoms with Crippen molar-refractivity contribution in [2.45, 2.75) is 18.2 Å². The van der Waals surface area contributed by atoms with E-state index in [0.29, 0.717) is 17.5 Å². The van der Waals surface area contributed by atoms with Crippen LogP contribution in [0, 0.1) is 6.92 Å². The average molecular weight is 332 g/mol. The molecule has 0 fully saturated rings. The van der Waals surface area contributed by atoms with E-state index >= 15 is 0 Å². The molecule has 120 valence electrons. The second-order valence-corrected chi connectivity index (χ2v) is 7.08. The summed E-state index contributed by atoms with van der Waals surface area (Å²) in [6.07, 6.45) is 0.496. The fourth-order valence-corrected chi connectivity index (χ4v) is 3.48. The molecule has 0 aliphatic carbocycles. The van der Waals surface area contributed by atoms with E-state index < -0.39 is 15.8 Å². The lowest BCUT2D eigenvalue weighted by Gasteiger charge is -2.07. The average Bonchev–Trinajstić information content (AvgIpc) is 2.86. The Balaban J connectivity index is 1.69. The van der Waals surface area contributed by atoms with Gasteiger partial charge in [0.2, 0.25) is 10.0 Å². The molecule has 1 aromatic heterocycles. The number of hydrogen-bond acceptors (Lipinski definition) is 4. The van der Waals surface area contributed by atoms with Gasteiger partial charge in [0.05, 0.1) is 10.4 Å². The molecule has 7 heteroatoms. The third-order valence-corrected chi connectivity index (χ3v) is 4.95. The van der Waals surface area contributed by atoms with Gasteiger partial charge in [0.1, 0.15) is 0 Å². The summed E-state index contributed by atoms with van der Waals surface area (Å²) in [5.41, 5.74) is 2.86. The summed E-state index contributed by atoms with van der Waals surface area (Å²) in [4.78, 5) is 13.9. The topological polar surface area (TPSA) is 92.2 Å². The number of nitrogens with one attached hydrogen (secondary N) is 2. The minimum Gasteiger partial charge on any atom is -0.408 e. The molecule has 0 unspecified atom stereocenters. The molecule has 0 aliphatic heterocycles. The van der Waals surface area contributed by atoms with Gasteiger partial charge in [-0.1, -0.05) is 18.2 Å². The predicted octanol–water partition coefficient (Wildman–Crippen LogP) is 1.95. The molecule has 0 atom stereocenters. The maximum atomic E-state index is 12.2. The summed E-state index contributed by atoms with van der Waals surface area (Å²) < 4.78 is 32.0. The van der Waals surface area contributed by atoms with Crippen molar-refractivity contribution in [1.82, 2.24) is 9.71 Å². The zero-order valence-electron chi connectivity index (χ0n) is 12.5. The smallest absolute Gasteiger partial charge is 0.408 e. The quantitative estimate of drug-likeness (QED) is 0.747. The van der Waals surface area contributed by atoms with E-state index in [1.165, 1.54) is 0 Å². The summed E-state index contributed by atoms with van der Waals surface area (Å²) in [6, 6.07) is 12.1. The van der Waals surface area contributed by atoms with Gasteiger partial charge in [-0.05, 0) is 48.7 Å². The Labute approximate surface area is 133 Å². The van der Waals surface area contributed by atoms with Crippen molar-refractivity contribution in [2.75, 3.05) is 6.54 Å². The highest BCUT2D eigenvalue weighted by Crippen LogP contribution is 2.13. The largest absolute Gasteiger partial charge is 0.417 e. The van der Waals surface area contributed by atoms with Gasteiger partial charge < -0.3 is 4.42 Å². The van der Waals surface area contributed by atoms with E-state index in [4.69, 9.17) is 4.42 Å². The van der Waals surface area contributed by atoms with Crippen LogP contribution in [-0.2, 0) is 16.4 Å². The van der Waals surface area contributed by atoms with Gasteiger partial charge in [-0.3, -0.25) is 4.98 Å². The van der Waals surface area contributed by atoms with E-state index in [1.807, 2.05) is 19.1 Å². The molecule has 2 N–H and O–H groups in total. The molecule has 3 rings (SSSR count). The number of fused-ring (bicyclic) bond motifs is 1. The lowest BCUT2D eigenvalue weighted by molar-refractivity contribution is 0.555. The molecule has 2 aromatic carbocycles. The van der Waals surface area contributed by atoms with Crippen LogP contribution in [0.15, 0.2) is 56.6 Å². The number of hydrogen-bond donors (Lipinski definition) is 2. The summed E-state index contributed by atoms with van der Waals surface area (Å²) in [5.74, 6) is -0.502. The summed E-state index contributed by atoms with van der Waals surface area (Å²) in [7, 11) is -3.52. The van der Waals surface area contributed by atoms with Gasteiger partial charge in [0, 0.05) is 6.54 Å². The lowest BCUT2D eigenvalue weighted by atomic mass is 10.1. The van der Waals surface area contributed by atoms with Gasteiger partial charge in [-0.2, -0.15) is 0 Å². The van der Waals surface area contributed by atoms with Crippen LogP contribution in [0.2, 0.25) is 0 Å². The van der Waals surface area contributed by atoms with Crippen molar-refractivity contribution >= 4 is 21.1 Å². The number of H-pyrrole nitrogens is 1. The number of sulfonamides is 1. The third-order valence-electron chi connectivity index (χ3n) is 3.49. The number of aryl methyl sites for hydroxylation is 1. The predicted molar refractivity (Wildman–Crippen MR) is 86.9 cm³/mol. The lowest BCUT2D eigenvalue weighted by Crippen LogP contribution is -2.26. The molecule has 0 radical (unpaired) electrons. The SMILES string of the molecule is Cc1cccc(S(=O)(=O)NCCc2ccc3[nH]c(=O)oc3c2)c1. The zero-order valence-corrected chi connectivity index (χ0v) is 13.3. The molecule has 1 heterocycles. The highest BCUT2D eigenvalue weighted by atomic mass is 32.2. The van der Waals surface area contributed by atoms with Gasteiger partial charge in [-0.15, -0.1) is 0 Å². The van der Waals surface area contributed by atoms with Crippen molar-refractivity contribution < 1.29 is 12.8 Å². The molecule has 0 bridgehead atoms. The molecule has 0 amide bonds.